The second-order valence-corrected chi connectivity index (χ2v) is 7.70. The molecule has 152 valence electrons. The molecule has 1 aromatic carbocycles. The van der Waals surface area contributed by atoms with E-state index in [4.69, 9.17) is 0 Å². The molecule has 29 heavy (non-hydrogen) atoms. The maximum absolute atomic E-state index is 12.9. The first-order valence-corrected chi connectivity index (χ1v) is 10.1. The van der Waals surface area contributed by atoms with E-state index in [1.807, 2.05) is 29.2 Å². The highest BCUT2D eigenvalue weighted by atomic mass is 16.4. The monoisotopic (exact) mass is 394 g/mol. The van der Waals surface area contributed by atoms with E-state index in [1.165, 1.54) is 0 Å². The Hall–Kier alpha value is -2.93. The molecule has 2 aromatic rings. The number of amides is 1. The summed E-state index contributed by atoms with van der Waals surface area (Å²) in [4.78, 5) is 33.1. The number of pyridine rings is 1. The first kappa shape index (κ1) is 19.4. The van der Waals surface area contributed by atoms with Gasteiger partial charge in [-0.1, -0.05) is 12.1 Å². The quantitative estimate of drug-likeness (QED) is 0.822. The van der Waals surface area contributed by atoms with Gasteiger partial charge in [0.1, 0.15) is 0 Å². The zero-order valence-corrected chi connectivity index (χ0v) is 16.4. The van der Waals surface area contributed by atoms with Crippen LogP contribution in [0.15, 0.2) is 48.8 Å². The molecule has 0 saturated carbocycles. The first-order chi connectivity index (χ1) is 14.1. The molecule has 2 saturated heterocycles. The van der Waals surface area contributed by atoms with Crippen molar-refractivity contribution in [3.05, 3.63) is 59.9 Å². The van der Waals surface area contributed by atoms with Crippen LogP contribution in [-0.2, 0) is 10.2 Å². The molecule has 0 spiro atoms. The van der Waals surface area contributed by atoms with Gasteiger partial charge in [-0.3, -0.25) is 14.6 Å². The van der Waals surface area contributed by atoms with Crippen molar-refractivity contribution in [3.63, 3.8) is 0 Å². The number of benzene rings is 1. The Morgan fingerprint density at radius 3 is 2.14 bits per heavy atom. The molecule has 7 heteroatoms. The number of hydrogen-bond donors (Lipinski definition) is 2. The lowest BCUT2D eigenvalue weighted by atomic mass is 9.73. The Kier molecular flexibility index (Phi) is 5.49. The van der Waals surface area contributed by atoms with Gasteiger partial charge in [-0.15, -0.1) is 0 Å². The summed E-state index contributed by atoms with van der Waals surface area (Å²) in [5.41, 5.74) is 1.66. The highest BCUT2D eigenvalue weighted by Gasteiger charge is 2.41. The van der Waals surface area contributed by atoms with Gasteiger partial charge in [-0.25, -0.2) is 0 Å². The maximum Gasteiger partial charge on any atom is 0.314 e. The lowest BCUT2D eigenvalue weighted by molar-refractivity contribution is -0.145. The van der Waals surface area contributed by atoms with Crippen molar-refractivity contribution in [2.45, 2.75) is 18.3 Å². The fourth-order valence-corrected chi connectivity index (χ4v) is 4.32. The molecule has 4 rings (SSSR count). The molecule has 2 aliphatic rings. The van der Waals surface area contributed by atoms with Crippen molar-refractivity contribution in [1.82, 2.24) is 15.2 Å². The molecule has 0 bridgehead atoms. The predicted octanol–water partition coefficient (Wildman–Crippen LogP) is 1.75. The number of carbonyl (C=O) groups is 2. The topological polar surface area (TPSA) is 85.8 Å². The molecule has 2 fully saturated rings. The van der Waals surface area contributed by atoms with E-state index in [9.17, 15) is 14.7 Å². The van der Waals surface area contributed by atoms with Crippen LogP contribution < -0.4 is 10.2 Å². The van der Waals surface area contributed by atoms with E-state index in [0.717, 1.165) is 24.3 Å². The van der Waals surface area contributed by atoms with Gasteiger partial charge in [0.2, 0.25) is 0 Å². The standard InChI is InChI=1S/C22H26N4O3/c27-20(26-15-13-25(14-16-26)19-5-9-23-10-6-19)17-1-3-18(4-2-17)22(21(28)29)7-11-24-12-8-22/h1-6,9-10,24H,7-8,11-16H2,(H,28,29). The number of hydrogen-bond acceptors (Lipinski definition) is 5. The number of rotatable bonds is 4. The molecule has 1 aromatic heterocycles. The summed E-state index contributed by atoms with van der Waals surface area (Å²) >= 11 is 0. The van der Waals surface area contributed by atoms with Crippen LogP contribution >= 0.6 is 0 Å². The van der Waals surface area contributed by atoms with Crippen LogP contribution in [0, 0.1) is 0 Å². The average Bonchev–Trinajstić information content (AvgIpc) is 2.80. The number of carboxylic acids is 1. The summed E-state index contributed by atoms with van der Waals surface area (Å²) in [5.74, 6) is -0.786. The minimum absolute atomic E-state index is 0.000569. The van der Waals surface area contributed by atoms with Crippen molar-refractivity contribution >= 4 is 17.6 Å². The molecule has 2 aliphatic heterocycles. The van der Waals surface area contributed by atoms with Gasteiger partial charge in [0.05, 0.1) is 5.41 Å². The molecule has 0 aliphatic carbocycles. The zero-order valence-electron chi connectivity index (χ0n) is 16.4. The Labute approximate surface area is 170 Å². The summed E-state index contributed by atoms with van der Waals surface area (Å²) in [7, 11) is 0. The van der Waals surface area contributed by atoms with Crippen LogP contribution in [-0.4, -0.2) is 66.1 Å². The van der Waals surface area contributed by atoms with E-state index in [1.54, 1.807) is 24.5 Å². The lowest BCUT2D eigenvalue weighted by Gasteiger charge is -2.36. The third-order valence-electron chi connectivity index (χ3n) is 6.15. The number of carbonyl (C=O) groups excluding carboxylic acids is 1. The molecule has 7 nitrogen and oxygen atoms in total. The summed E-state index contributed by atoms with van der Waals surface area (Å²) < 4.78 is 0. The smallest absolute Gasteiger partial charge is 0.314 e. The number of nitrogens with one attached hydrogen (secondary N) is 1. The molecule has 0 unspecified atom stereocenters. The average molecular weight is 394 g/mol. The Morgan fingerprint density at radius 2 is 1.55 bits per heavy atom. The summed E-state index contributed by atoms with van der Waals surface area (Å²) in [6, 6.07) is 11.2. The largest absolute Gasteiger partial charge is 0.481 e. The molecule has 3 heterocycles. The van der Waals surface area contributed by atoms with Crippen molar-refractivity contribution in [3.8, 4) is 0 Å². The van der Waals surface area contributed by atoms with Gasteiger partial charge in [0, 0.05) is 49.8 Å². The maximum atomic E-state index is 12.9. The molecular formula is C22H26N4O3. The van der Waals surface area contributed by atoms with Gasteiger partial charge >= 0.3 is 5.97 Å². The van der Waals surface area contributed by atoms with Crippen molar-refractivity contribution in [2.24, 2.45) is 0 Å². The van der Waals surface area contributed by atoms with Gasteiger partial charge < -0.3 is 20.2 Å². The van der Waals surface area contributed by atoms with Crippen LogP contribution in [0.4, 0.5) is 5.69 Å². The first-order valence-electron chi connectivity index (χ1n) is 10.1. The Balaban J connectivity index is 1.43. The van der Waals surface area contributed by atoms with Crippen LogP contribution in [0.2, 0.25) is 0 Å². The van der Waals surface area contributed by atoms with Crippen molar-refractivity contribution in [1.29, 1.82) is 0 Å². The number of aliphatic carboxylic acids is 1. The SMILES string of the molecule is O=C(c1ccc(C2(C(=O)O)CCNCC2)cc1)N1CCN(c2ccncc2)CC1. The third kappa shape index (κ3) is 3.82. The molecular weight excluding hydrogens is 368 g/mol. The van der Waals surface area contributed by atoms with E-state index >= 15 is 0 Å². The minimum Gasteiger partial charge on any atom is -0.481 e. The van der Waals surface area contributed by atoms with Gasteiger partial charge in [0.15, 0.2) is 0 Å². The van der Waals surface area contributed by atoms with Gasteiger partial charge in [-0.05, 0) is 55.8 Å². The zero-order chi connectivity index (χ0) is 20.3. The van der Waals surface area contributed by atoms with Crippen molar-refractivity contribution in [2.75, 3.05) is 44.2 Å². The van der Waals surface area contributed by atoms with E-state index in [-0.39, 0.29) is 5.91 Å². The van der Waals surface area contributed by atoms with Crippen LogP contribution in [0.25, 0.3) is 0 Å². The molecule has 2 N–H and O–H groups in total. The number of nitrogens with zero attached hydrogens (tertiary/aromatic N) is 3. The van der Waals surface area contributed by atoms with Gasteiger partial charge in [-0.2, -0.15) is 0 Å². The fraction of sp³-hybridized carbons (Fsp3) is 0.409. The van der Waals surface area contributed by atoms with Crippen LogP contribution in [0.3, 0.4) is 0 Å². The Morgan fingerprint density at radius 1 is 0.931 bits per heavy atom. The minimum atomic E-state index is -0.858. The molecule has 0 radical (unpaired) electrons. The van der Waals surface area contributed by atoms with E-state index in [2.05, 4.69) is 15.2 Å². The fourth-order valence-electron chi connectivity index (χ4n) is 4.32. The normalized spacial score (nSPS) is 19.0. The molecule has 1 amide bonds. The highest BCUT2D eigenvalue weighted by Crippen LogP contribution is 2.34. The summed E-state index contributed by atoms with van der Waals surface area (Å²) in [6.07, 6.45) is 4.68. The number of piperidine rings is 1. The van der Waals surface area contributed by atoms with Gasteiger partial charge in [0.25, 0.3) is 5.91 Å². The van der Waals surface area contributed by atoms with Crippen molar-refractivity contribution < 1.29 is 14.7 Å². The summed E-state index contributed by atoms with van der Waals surface area (Å²) in [5, 5.41) is 13.1. The third-order valence-corrected chi connectivity index (χ3v) is 6.15. The molecule has 0 atom stereocenters. The number of piperazine rings is 1. The number of aromatic nitrogens is 1. The van der Waals surface area contributed by atoms with E-state index in [0.29, 0.717) is 44.6 Å². The summed E-state index contributed by atoms with van der Waals surface area (Å²) in [6.45, 7) is 4.26. The van der Waals surface area contributed by atoms with Crippen LogP contribution in [0.1, 0.15) is 28.8 Å². The highest BCUT2D eigenvalue weighted by molar-refractivity contribution is 5.94. The lowest BCUT2D eigenvalue weighted by Crippen LogP contribution is -2.48. The predicted molar refractivity (Wildman–Crippen MR) is 110 cm³/mol. The second kappa shape index (κ2) is 8.21. The van der Waals surface area contributed by atoms with E-state index < -0.39 is 11.4 Å². The number of anilines is 1. The van der Waals surface area contributed by atoms with Crippen LogP contribution in [0.5, 0.6) is 0 Å². The number of carboxylic acid groups (broad SMARTS) is 1. The Bertz CT molecular complexity index is 855. The second-order valence-electron chi connectivity index (χ2n) is 7.70.